The summed E-state index contributed by atoms with van der Waals surface area (Å²) in [4.78, 5) is 10.2. The van der Waals surface area contributed by atoms with E-state index in [1.54, 1.807) is 25.4 Å². The molecule has 0 radical (unpaired) electrons. The van der Waals surface area contributed by atoms with Gasteiger partial charge in [0.15, 0.2) is 0 Å². The molecule has 0 saturated carbocycles. The maximum Gasteiger partial charge on any atom is 0.137 e. The molecular weight excluding hydrogens is 307 g/mol. The lowest BCUT2D eigenvalue weighted by atomic mass is 10.1. The van der Waals surface area contributed by atoms with E-state index in [0.29, 0.717) is 6.42 Å². The highest BCUT2D eigenvalue weighted by molar-refractivity contribution is 6.14. The Morgan fingerprint density at radius 3 is 2.83 bits per heavy atom. The van der Waals surface area contributed by atoms with Gasteiger partial charge in [0, 0.05) is 30.2 Å². The second-order valence-corrected chi connectivity index (χ2v) is 5.18. The molecule has 2 N–H and O–H groups in total. The number of nitrogens with one attached hydrogen (secondary N) is 1. The Balaban J connectivity index is 2.20. The van der Waals surface area contributed by atoms with Crippen LogP contribution in [0.2, 0.25) is 0 Å². The molecule has 1 aliphatic rings. The Kier molecular flexibility index (Phi) is 6.57. The molecule has 1 aromatic heterocycles. The lowest BCUT2D eigenvalue weighted by Crippen LogP contribution is -2.25. The minimum absolute atomic E-state index is 0.281. The van der Waals surface area contributed by atoms with Crippen molar-refractivity contribution < 1.29 is 9.50 Å². The van der Waals surface area contributed by atoms with Crippen LogP contribution in [0.25, 0.3) is 0 Å². The summed E-state index contributed by atoms with van der Waals surface area (Å²) < 4.78 is 13.5. The molecule has 6 heteroatoms. The number of amidine groups is 1. The van der Waals surface area contributed by atoms with Crippen LogP contribution in [0.4, 0.5) is 10.1 Å². The van der Waals surface area contributed by atoms with Crippen LogP contribution in [0.5, 0.6) is 0 Å². The highest BCUT2D eigenvalue weighted by Gasteiger charge is 2.24. The van der Waals surface area contributed by atoms with Crippen molar-refractivity contribution in [3.05, 3.63) is 59.7 Å². The number of rotatable bonds is 6. The summed E-state index contributed by atoms with van der Waals surface area (Å²) in [6, 6.07) is 3.79. The molecule has 2 rings (SSSR count). The van der Waals surface area contributed by atoms with E-state index >= 15 is 0 Å². The Bertz CT molecular complexity index is 692. The third-order valence-corrected chi connectivity index (χ3v) is 3.77. The summed E-state index contributed by atoms with van der Waals surface area (Å²) in [6.07, 6.45) is 10.7. The Morgan fingerprint density at radius 1 is 1.46 bits per heavy atom. The van der Waals surface area contributed by atoms with E-state index in [1.807, 2.05) is 23.1 Å². The molecule has 126 valence electrons. The minimum Gasteiger partial charge on any atom is -0.392 e. The fourth-order valence-electron chi connectivity index (χ4n) is 2.57. The first-order valence-electron chi connectivity index (χ1n) is 7.77. The predicted octanol–water partition coefficient (Wildman–Crippen LogP) is 3.41. The zero-order chi connectivity index (χ0) is 17.4. The summed E-state index contributed by atoms with van der Waals surface area (Å²) in [5, 5.41) is 16.5. The average molecular weight is 328 g/mol. The first kappa shape index (κ1) is 17.7. The molecule has 1 aromatic rings. The van der Waals surface area contributed by atoms with E-state index in [0.717, 1.165) is 36.4 Å². The van der Waals surface area contributed by atoms with Gasteiger partial charge in [-0.05, 0) is 37.5 Å². The molecule has 5 nitrogen and oxygen atoms in total. The zero-order valence-corrected chi connectivity index (χ0v) is 13.6. The van der Waals surface area contributed by atoms with Crippen LogP contribution in [0, 0.1) is 5.41 Å². The molecule has 1 aliphatic heterocycles. The molecular formula is C18H21FN4O. The average Bonchev–Trinajstić information content (AvgIpc) is 3.02. The molecule has 0 aliphatic carbocycles. The van der Waals surface area contributed by atoms with Gasteiger partial charge in [0.05, 0.1) is 6.61 Å². The van der Waals surface area contributed by atoms with Crippen molar-refractivity contribution in [2.45, 2.75) is 19.8 Å². The van der Waals surface area contributed by atoms with Crippen LogP contribution in [-0.2, 0) is 0 Å². The minimum atomic E-state index is -0.408. The summed E-state index contributed by atoms with van der Waals surface area (Å²) in [7, 11) is 0. The van der Waals surface area contributed by atoms with Gasteiger partial charge in [0.2, 0.25) is 0 Å². The first-order valence-corrected chi connectivity index (χ1v) is 7.77. The van der Waals surface area contributed by atoms with E-state index in [4.69, 9.17) is 5.41 Å². The van der Waals surface area contributed by atoms with E-state index in [1.165, 1.54) is 6.08 Å². The van der Waals surface area contributed by atoms with Crippen molar-refractivity contribution in [2.75, 3.05) is 18.1 Å². The van der Waals surface area contributed by atoms with Gasteiger partial charge in [-0.3, -0.25) is 10.4 Å². The van der Waals surface area contributed by atoms with Crippen LogP contribution in [-0.4, -0.2) is 35.4 Å². The van der Waals surface area contributed by atoms with Crippen molar-refractivity contribution in [1.29, 1.82) is 5.41 Å². The topological polar surface area (TPSA) is 72.6 Å². The number of nitrogens with zero attached hydrogens (tertiary/aromatic N) is 3. The van der Waals surface area contributed by atoms with E-state index in [9.17, 15) is 9.50 Å². The van der Waals surface area contributed by atoms with Gasteiger partial charge in [0.1, 0.15) is 18.0 Å². The summed E-state index contributed by atoms with van der Waals surface area (Å²) >= 11 is 0. The summed E-state index contributed by atoms with van der Waals surface area (Å²) in [5.74, 6) is 0.316. The normalized spacial score (nSPS) is 19.4. The Morgan fingerprint density at radius 2 is 2.21 bits per heavy atom. The summed E-state index contributed by atoms with van der Waals surface area (Å²) in [6.45, 7) is 2.03. The van der Waals surface area contributed by atoms with Gasteiger partial charge >= 0.3 is 0 Å². The van der Waals surface area contributed by atoms with Crippen molar-refractivity contribution in [1.82, 2.24) is 4.98 Å². The monoisotopic (exact) mass is 328 g/mol. The molecule has 1 saturated heterocycles. The number of anilines is 1. The fourth-order valence-corrected chi connectivity index (χ4v) is 2.57. The van der Waals surface area contributed by atoms with Gasteiger partial charge in [-0.25, -0.2) is 9.38 Å². The standard InChI is InChI=1S/C18H21FN4O/c1-2-17(19)15(12-24)5-3-4-14-8-11-23(18(14)22-13-20)16-6-9-21-10-7-16/h2,4-7,9-10,13,20,24H,3,8,11-12H2,1H3. The van der Waals surface area contributed by atoms with Crippen LogP contribution in [0.15, 0.2) is 64.7 Å². The second kappa shape index (κ2) is 8.88. The molecule has 0 spiro atoms. The molecule has 0 bridgehead atoms. The number of halogens is 1. The van der Waals surface area contributed by atoms with Crippen molar-refractivity contribution in [3.8, 4) is 0 Å². The molecule has 0 aromatic carbocycles. The van der Waals surface area contributed by atoms with Crippen LogP contribution >= 0.6 is 0 Å². The molecule has 1 fully saturated rings. The quantitative estimate of drug-likeness (QED) is 0.477. The van der Waals surface area contributed by atoms with Crippen molar-refractivity contribution >= 4 is 17.9 Å². The number of aliphatic hydroxyl groups excluding tert-OH is 1. The van der Waals surface area contributed by atoms with Gasteiger partial charge in [-0.15, -0.1) is 0 Å². The predicted molar refractivity (Wildman–Crippen MR) is 95.2 cm³/mol. The lowest BCUT2D eigenvalue weighted by Gasteiger charge is -2.18. The van der Waals surface area contributed by atoms with Crippen molar-refractivity contribution in [2.24, 2.45) is 4.99 Å². The molecule has 24 heavy (non-hydrogen) atoms. The van der Waals surface area contributed by atoms with Crippen LogP contribution in [0.1, 0.15) is 19.8 Å². The largest absolute Gasteiger partial charge is 0.392 e. The fraction of sp³-hybridized carbons (Fsp3) is 0.278. The van der Waals surface area contributed by atoms with Gasteiger partial charge in [0.25, 0.3) is 0 Å². The molecule has 2 heterocycles. The number of aliphatic imine (C=N–C) groups is 1. The SMILES string of the molecule is CC=C(F)C(=CCC=C1CCN(c2ccncc2)C1=NC=N)CO. The van der Waals surface area contributed by atoms with Crippen molar-refractivity contribution in [3.63, 3.8) is 0 Å². The van der Waals surface area contributed by atoms with E-state index < -0.39 is 5.83 Å². The number of pyridine rings is 1. The Labute approximate surface area is 141 Å². The maximum atomic E-state index is 13.5. The Hall–Kier alpha value is -2.60. The number of aromatic nitrogens is 1. The van der Waals surface area contributed by atoms with Crippen LogP contribution < -0.4 is 4.90 Å². The third kappa shape index (κ3) is 4.23. The van der Waals surface area contributed by atoms with Gasteiger partial charge in [-0.1, -0.05) is 18.2 Å². The second-order valence-electron chi connectivity index (χ2n) is 5.18. The number of aliphatic hydroxyl groups is 1. The number of allylic oxidation sites excluding steroid dienone is 3. The van der Waals surface area contributed by atoms with Gasteiger partial charge in [-0.2, -0.15) is 0 Å². The lowest BCUT2D eigenvalue weighted by molar-refractivity contribution is 0.327. The van der Waals surface area contributed by atoms with E-state index in [-0.39, 0.29) is 12.2 Å². The number of hydrogen-bond donors (Lipinski definition) is 2. The first-order chi connectivity index (χ1) is 11.7. The maximum absolute atomic E-state index is 13.5. The highest BCUT2D eigenvalue weighted by atomic mass is 19.1. The zero-order valence-electron chi connectivity index (χ0n) is 13.6. The smallest absolute Gasteiger partial charge is 0.137 e. The molecule has 0 atom stereocenters. The van der Waals surface area contributed by atoms with Gasteiger partial charge < -0.3 is 10.0 Å². The third-order valence-electron chi connectivity index (χ3n) is 3.77. The molecule has 0 unspecified atom stereocenters. The number of hydrogen-bond acceptors (Lipinski definition) is 3. The van der Waals surface area contributed by atoms with Crippen LogP contribution in [0.3, 0.4) is 0 Å². The van der Waals surface area contributed by atoms with E-state index in [2.05, 4.69) is 9.98 Å². The molecule has 0 amide bonds. The highest BCUT2D eigenvalue weighted by Crippen LogP contribution is 2.25. The summed E-state index contributed by atoms with van der Waals surface area (Å²) in [5.41, 5.74) is 2.26.